The van der Waals surface area contributed by atoms with E-state index in [0.717, 1.165) is 0 Å². The van der Waals surface area contributed by atoms with E-state index in [-0.39, 0.29) is 40.2 Å². The van der Waals surface area contributed by atoms with Crippen molar-refractivity contribution >= 4 is 40.7 Å². The molecule has 0 saturated carbocycles. The summed E-state index contributed by atoms with van der Waals surface area (Å²) in [5.41, 5.74) is 5.66. The van der Waals surface area contributed by atoms with Gasteiger partial charge in [-0.15, -0.1) is 12.3 Å². The maximum Gasteiger partial charge on any atom is 0.228 e. The highest BCUT2D eigenvalue weighted by Crippen LogP contribution is 2.35. The third-order valence-electron chi connectivity index (χ3n) is 2.45. The maximum atomic E-state index is 11.8. The summed E-state index contributed by atoms with van der Waals surface area (Å²) in [7, 11) is 0. The van der Waals surface area contributed by atoms with Crippen molar-refractivity contribution in [3.8, 4) is 12.3 Å². The monoisotopic (exact) mass is 270 g/mol. The Morgan fingerprint density at radius 3 is 2.47 bits per heavy atom. The van der Waals surface area contributed by atoms with Gasteiger partial charge in [-0.2, -0.15) is 9.97 Å². The van der Waals surface area contributed by atoms with Crippen molar-refractivity contribution in [2.45, 2.75) is 6.42 Å². The van der Waals surface area contributed by atoms with Crippen molar-refractivity contribution < 1.29 is 4.79 Å². The number of amides is 1. The molecule has 2 heterocycles. The first-order valence-corrected chi connectivity index (χ1v) is 5.53. The van der Waals surface area contributed by atoms with E-state index in [1.54, 1.807) is 0 Å². The van der Waals surface area contributed by atoms with Crippen LogP contribution in [0.5, 0.6) is 0 Å². The van der Waals surface area contributed by atoms with Crippen molar-refractivity contribution in [2.75, 3.05) is 17.2 Å². The highest BCUT2D eigenvalue weighted by Gasteiger charge is 2.33. The second kappa shape index (κ2) is 4.40. The standard InChI is InChI=1S/C10H8Cl2N4O/c1-2-5-3-6(17)16(4-5)7-8(11)14-10(13)15-9(7)12/h1,5H,3-4H2,(H2,13,14,15). The first-order chi connectivity index (χ1) is 8.02. The van der Waals surface area contributed by atoms with Gasteiger partial charge in [-0.05, 0) is 0 Å². The van der Waals surface area contributed by atoms with Crippen LogP contribution in [0.1, 0.15) is 6.42 Å². The Bertz CT molecular complexity index is 503. The van der Waals surface area contributed by atoms with Crippen LogP contribution >= 0.6 is 23.2 Å². The van der Waals surface area contributed by atoms with Gasteiger partial charge in [0.25, 0.3) is 0 Å². The number of carbonyl (C=O) groups is 1. The normalized spacial score (nSPS) is 19.5. The molecule has 0 aliphatic carbocycles. The molecule has 1 amide bonds. The molecule has 1 aromatic heterocycles. The van der Waals surface area contributed by atoms with Gasteiger partial charge in [0, 0.05) is 18.9 Å². The Labute approximate surface area is 108 Å². The summed E-state index contributed by atoms with van der Waals surface area (Å²) in [4.78, 5) is 20.7. The number of halogens is 2. The van der Waals surface area contributed by atoms with Gasteiger partial charge in [0.2, 0.25) is 11.9 Å². The number of hydrogen-bond donors (Lipinski definition) is 1. The van der Waals surface area contributed by atoms with E-state index in [4.69, 9.17) is 35.4 Å². The number of terminal acetylenes is 1. The molecule has 0 bridgehead atoms. The lowest BCUT2D eigenvalue weighted by Gasteiger charge is -2.17. The van der Waals surface area contributed by atoms with Gasteiger partial charge >= 0.3 is 0 Å². The van der Waals surface area contributed by atoms with Crippen LogP contribution in [0.25, 0.3) is 0 Å². The van der Waals surface area contributed by atoms with E-state index in [1.807, 2.05) is 0 Å². The summed E-state index contributed by atoms with van der Waals surface area (Å²) in [6.45, 7) is 0.363. The van der Waals surface area contributed by atoms with E-state index in [9.17, 15) is 4.79 Å². The number of rotatable bonds is 1. The minimum atomic E-state index is -0.148. The van der Waals surface area contributed by atoms with E-state index in [1.165, 1.54) is 4.90 Å². The molecule has 1 fully saturated rings. The summed E-state index contributed by atoms with van der Waals surface area (Å²) in [6, 6.07) is 0. The molecule has 0 radical (unpaired) electrons. The van der Waals surface area contributed by atoms with Crippen LogP contribution in [0.4, 0.5) is 11.6 Å². The molecule has 1 unspecified atom stereocenters. The number of aromatic nitrogens is 2. The fourth-order valence-electron chi connectivity index (χ4n) is 1.68. The van der Waals surface area contributed by atoms with Crippen molar-refractivity contribution in [2.24, 2.45) is 5.92 Å². The van der Waals surface area contributed by atoms with Crippen LogP contribution in [-0.4, -0.2) is 22.4 Å². The van der Waals surface area contributed by atoms with Crippen LogP contribution in [-0.2, 0) is 4.79 Å². The van der Waals surface area contributed by atoms with Crippen molar-refractivity contribution in [3.63, 3.8) is 0 Å². The fraction of sp³-hybridized carbons (Fsp3) is 0.300. The highest BCUT2D eigenvalue weighted by atomic mass is 35.5. The Hall–Kier alpha value is -1.51. The number of nitrogen functional groups attached to an aromatic ring is 1. The molecule has 17 heavy (non-hydrogen) atoms. The first kappa shape index (κ1) is 12.0. The molecule has 1 aliphatic rings. The Kier molecular flexibility index (Phi) is 3.09. The molecule has 1 aromatic rings. The van der Waals surface area contributed by atoms with Crippen LogP contribution in [0.15, 0.2) is 0 Å². The van der Waals surface area contributed by atoms with Gasteiger partial charge in [0.15, 0.2) is 10.3 Å². The lowest BCUT2D eigenvalue weighted by molar-refractivity contribution is -0.117. The van der Waals surface area contributed by atoms with Crippen LogP contribution in [0, 0.1) is 18.3 Å². The number of nitrogens with two attached hydrogens (primary N) is 1. The molecule has 2 N–H and O–H groups in total. The van der Waals surface area contributed by atoms with Gasteiger partial charge in [0.05, 0.1) is 0 Å². The quantitative estimate of drug-likeness (QED) is 0.618. The maximum absolute atomic E-state index is 11.8. The molecule has 1 aliphatic heterocycles. The second-order valence-corrected chi connectivity index (χ2v) is 4.30. The van der Waals surface area contributed by atoms with Gasteiger partial charge in [-0.1, -0.05) is 23.2 Å². The second-order valence-electron chi connectivity index (χ2n) is 3.58. The Morgan fingerprint density at radius 2 is 2.00 bits per heavy atom. The minimum Gasteiger partial charge on any atom is -0.368 e. The number of nitrogens with zero attached hydrogens (tertiary/aromatic N) is 3. The van der Waals surface area contributed by atoms with E-state index in [2.05, 4.69) is 15.9 Å². The van der Waals surface area contributed by atoms with Crippen LogP contribution < -0.4 is 10.6 Å². The minimum absolute atomic E-state index is 0.0381. The molecule has 5 nitrogen and oxygen atoms in total. The molecule has 1 saturated heterocycles. The van der Waals surface area contributed by atoms with Gasteiger partial charge in [-0.3, -0.25) is 4.79 Å². The molecule has 88 valence electrons. The number of carbonyl (C=O) groups excluding carboxylic acids is 1. The molecule has 2 rings (SSSR count). The Morgan fingerprint density at radius 1 is 1.41 bits per heavy atom. The smallest absolute Gasteiger partial charge is 0.228 e. The van der Waals surface area contributed by atoms with Gasteiger partial charge < -0.3 is 10.6 Å². The predicted molar refractivity (Wildman–Crippen MR) is 65.8 cm³/mol. The van der Waals surface area contributed by atoms with Crippen LogP contribution in [0.3, 0.4) is 0 Å². The predicted octanol–water partition coefficient (Wildman–Crippen LogP) is 1.35. The van der Waals surface area contributed by atoms with E-state index >= 15 is 0 Å². The van der Waals surface area contributed by atoms with Crippen LogP contribution in [0.2, 0.25) is 10.3 Å². The summed E-state index contributed by atoms with van der Waals surface area (Å²) in [5, 5.41) is 0.0991. The number of anilines is 2. The topological polar surface area (TPSA) is 72.1 Å². The average molecular weight is 271 g/mol. The number of hydrogen-bond acceptors (Lipinski definition) is 4. The summed E-state index contributed by atoms with van der Waals surface area (Å²) < 4.78 is 0. The molecule has 1 atom stereocenters. The van der Waals surface area contributed by atoms with Crippen molar-refractivity contribution in [1.82, 2.24) is 9.97 Å². The summed E-state index contributed by atoms with van der Waals surface area (Å²) >= 11 is 11.8. The zero-order chi connectivity index (χ0) is 12.6. The van der Waals surface area contributed by atoms with Crippen molar-refractivity contribution in [3.05, 3.63) is 10.3 Å². The van der Waals surface area contributed by atoms with Gasteiger partial charge in [-0.25, -0.2) is 0 Å². The van der Waals surface area contributed by atoms with Gasteiger partial charge in [0.1, 0.15) is 5.69 Å². The molecule has 0 aromatic carbocycles. The van der Waals surface area contributed by atoms with Crippen molar-refractivity contribution in [1.29, 1.82) is 0 Å². The zero-order valence-corrected chi connectivity index (χ0v) is 10.2. The summed E-state index contributed by atoms with van der Waals surface area (Å²) in [5.74, 6) is 2.20. The SMILES string of the molecule is C#CC1CC(=O)N(c2c(Cl)nc(N)nc2Cl)C1. The van der Waals surface area contributed by atoms with E-state index in [0.29, 0.717) is 6.54 Å². The molecular weight excluding hydrogens is 263 g/mol. The lowest BCUT2D eigenvalue weighted by Crippen LogP contribution is -2.25. The molecule has 0 spiro atoms. The zero-order valence-electron chi connectivity index (χ0n) is 8.65. The third kappa shape index (κ3) is 2.14. The molecule has 7 heteroatoms. The first-order valence-electron chi connectivity index (χ1n) is 4.78. The highest BCUT2D eigenvalue weighted by molar-refractivity contribution is 6.38. The summed E-state index contributed by atoms with van der Waals surface area (Å²) in [6.07, 6.45) is 5.56. The third-order valence-corrected chi connectivity index (χ3v) is 2.97. The lowest BCUT2D eigenvalue weighted by atomic mass is 10.1. The average Bonchev–Trinajstić information content (AvgIpc) is 2.59. The molecular formula is C10H8Cl2N4O. The largest absolute Gasteiger partial charge is 0.368 e. The fourth-order valence-corrected chi connectivity index (χ4v) is 2.28. The van der Waals surface area contributed by atoms with E-state index < -0.39 is 0 Å². The Balaban J connectivity index is 2.42.